The van der Waals surface area contributed by atoms with Gasteiger partial charge in [-0.05, 0) is 61.6 Å². The Morgan fingerprint density at radius 2 is 1.85 bits per heavy atom. The molecule has 1 unspecified atom stereocenters. The molecule has 1 heterocycles. The zero-order valence-electron chi connectivity index (χ0n) is 15.0. The normalized spacial score (nSPS) is 21.9. The Hall–Kier alpha value is -1.89. The number of methoxy groups -OCH3 is 1. The number of aliphatic hydroxyl groups excluding tert-OH is 1. The molecule has 2 aromatic carbocycles. The van der Waals surface area contributed by atoms with E-state index in [0.717, 1.165) is 22.4 Å². The lowest BCUT2D eigenvalue weighted by molar-refractivity contribution is 0.0795. The third kappa shape index (κ3) is 2.64. The first-order valence-corrected chi connectivity index (χ1v) is 10.3. The number of aliphatic hydroxyl groups is 1. The fourth-order valence-electron chi connectivity index (χ4n) is 3.91. The van der Waals surface area contributed by atoms with E-state index in [1.54, 1.807) is 31.4 Å². The van der Waals surface area contributed by atoms with Gasteiger partial charge in [-0.1, -0.05) is 23.8 Å². The van der Waals surface area contributed by atoms with Crippen molar-refractivity contribution in [3.63, 3.8) is 0 Å². The van der Waals surface area contributed by atoms with Gasteiger partial charge in [0.05, 0.1) is 23.6 Å². The van der Waals surface area contributed by atoms with Crippen molar-refractivity contribution in [1.29, 1.82) is 0 Å². The molecule has 1 atom stereocenters. The minimum absolute atomic E-state index is 0.283. The van der Waals surface area contributed by atoms with Crippen LogP contribution in [-0.4, -0.2) is 37.0 Å². The van der Waals surface area contributed by atoms with Gasteiger partial charge in [0.2, 0.25) is 10.0 Å². The van der Waals surface area contributed by atoms with E-state index < -0.39 is 21.7 Å². The highest BCUT2D eigenvalue weighted by molar-refractivity contribution is 7.89. The van der Waals surface area contributed by atoms with Crippen LogP contribution in [0.4, 0.5) is 0 Å². The van der Waals surface area contributed by atoms with E-state index in [0.29, 0.717) is 25.8 Å². The molecule has 1 N–H and O–H groups in total. The van der Waals surface area contributed by atoms with Crippen LogP contribution in [0.15, 0.2) is 47.4 Å². The van der Waals surface area contributed by atoms with Crippen LogP contribution in [0.5, 0.6) is 5.75 Å². The molecule has 138 valence electrons. The summed E-state index contributed by atoms with van der Waals surface area (Å²) < 4.78 is 33.4. The summed E-state index contributed by atoms with van der Waals surface area (Å²) in [6.07, 6.45) is 1.07. The molecule has 0 aromatic heterocycles. The molecule has 0 bridgehead atoms. The molecular weight excluding hydrogens is 350 g/mol. The average molecular weight is 373 g/mol. The number of ether oxygens (including phenoxy) is 1. The molecule has 0 saturated heterocycles. The van der Waals surface area contributed by atoms with Crippen LogP contribution in [0.2, 0.25) is 0 Å². The van der Waals surface area contributed by atoms with Gasteiger partial charge in [-0.2, -0.15) is 4.31 Å². The highest BCUT2D eigenvalue weighted by atomic mass is 32.2. The molecule has 1 saturated carbocycles. The van der Waals surface area contributed by atoms with Gasteiger partial charge < -0.3 is 9.84 Å². The van der Waals surface area contributed by atoms with Crippen molar-refractivity contribution in [1.82, 2.24) is 4.31 Å². The molecule has 26 heavy (non-hydrogen) atoms. The largest absolute Gasteiger partial charge is 0.497 e. The first-order chi connectivity index (χ1) is 12.4. The average Bonchev–Trinajstić information content (AvgIpc) is 3.43. The molecule has 0 radical (unpaired) electrons. The number of benzene rings is 2. The van der Waals surface area contributed by atoms with Crippen molar-refractivity contribution in [3.05, 3.63) is 59.2 Å². The van der Waals surface area contributed by atoms with Crippen molar-refractivity contribution in [2.45, 2.75) is 42.7 Å². The van der Waals surface area contributed by atoms with Crippen LogP contribution in [0.25, 0.3) is 0 Å². The molecule has 0 amide bonds. The van der Waals surface area contributed by atoms with Crippen LogP contribution in [0.1, 0.15) is 35.6 Å². The maximum Gasteiger partial charge on any atom is 0.243 e. The second kappa shape index (κ2) is 6.08. The van der Waals surface area contributed by atoms with Crippen molar-refractivity contribution >= 4 is 10.0 Å². The molecule has 1 aliphatic carbocycles. The smallest absolute Gasteiger partial charge is 0.243 e. The highest BCUT2D eigenvalue weighted by Gasteiger charge is 2.59. The monoisotopic (exact) mass is 373 g/mol. The van der Waals surface area contributed by atoms with Gasteiger partial charge in [-0.25, -0.2) is 8.42 Å². The zero-order valence-corrected chi connectivity index (χ0v) is 15.8. The van der Waals surface area contributed by atoms with E-state index >= 15 is 0 Å². The molecule has 2 aromatic rings. The molecule has 2 aliphatic rings. The van der Waals surface area contributed by atoms with E-state index in [-0.39, 0.29) is 4.90 Å². The predicted octanol–water partition coefficient (Wildman–Crippen LogP) is 2.82. The standard InChI is InChI=1S/C20H23NO4S/c1-14-3-6-17(7-4-14)26(23,24)21-12-9-15-13-16(25-2)5-8-18(15)19(22)20(21)10-11-20/h3-8,13,19,22H,9-12H2,1-2H3. The fourth-order valence-corrected chi connectivity index (χ4v) is 5.74. The van der Waals surface area contributed by atoms with E-state index in [1.165, 1.54) is 4.31 Å². The van der Waals surface area contributed by atoms with Gasteiger partial charge in [-0.15, -0.1) is 0 Å². The van der Waals surface area contributed by atoms with Crippen molar-refractivity contribution in [3.8, 4) is 5.75 Å². The Labute approximate surface area is 154 Å². The summed E-state index contributed by atoms with van der Waals surface area (Å²) in [5.74, 6) is 0.718. The lowest BCUT2D eigenvalue weighted by Crippen LogP contribution is -2.45. The maximum absolute atomic E-state index is 13.3. The van der Waals surface area contributed by atoms with E-state index in [1.807, 2.05) is 25.1 Å². The second-order valence-corrected chi connectivity index (χ2v) is 9.07. The van der Waals surface area contributed by atoms with Crippen LogP contribution in [-0.2, 0) is 16.4 Å². The third-order valence-electron chi connectivity index (χ3n) is 5.61. The van der Waals surface area contributed by atoms with Gasteiger partial charge in [0.25, 0.3) is 0 Å². The quantitative estimate of drug-likeness (QED) is 0.898. The summed E-state index contributed by atoms with van der Waals surface area (Å²) in [6, 6.07) is 12.5. The predicted molar refractivity (Wildman–Crippen MR) is 98.7 cm³/mol. The summed E-state index contributed by atoms with van der Waals surface area (Å²) in [6.45, 7) is 2.28. The first kappa shape index (κ1) is 17.5. The molecule has 5 nitrogen and oxygen atoms in total. The summed E-state index contributed by atoms with van der Waals surface area (Å²) in [5.41, 5.74) is 2.04. The second-order valence-electron chi connectivity index (χ2n) is 7.21. The Kier molecular flexibility index (Phi) is 4.10. The van der Waals surface area contributed by atoms with Crippen LogP contribution < -0.4 is 4.74 Å². The summed E-state index contributed by atoms with van der Waals surface area (Å²) in [4.78, 5) is 0.283. The maximum atomic E-state index is 13.3. The number of hydrogen-bond acceptors (Lipinski definition) is 4. The fraction of sp³-hybridized carbons (Fsp3) is 0.400. The summed E-state index contributed by atoms with van der Waals surface area (Å²) in [5, 5.41) is 11.1. The van der Waals surface area contributed by atoms with Gasteiger partial charge in [0.1, 0.15) is 5.75 Å². The Morgan fingerprint density at radius 3 is 2.46 bits per heavy atom. The van der Waals surface area contributed by atoms with Crippen molar-refractivity contribution < 1.29 is 18.3 Å². The minimum atomic E-state index is -3.67. The Bertz CT molecular complexity index is 933. The van der Waals surface area contributed by atoms with Gasteiger partial charge >= 0.3 is 0 Å². The minimum Gasteiger partial charge on any atom is -0.497 e. The molecule has 6 heteroatoms. The summed E-state index contributed by atoms with van der Waals surface area (Å²) >= 11 is 0. The van der Waals surface area contributed by atoms with E-state index in [9.17, 15) is 13.5 Å². The lowest BCUT2D eigenvalue weighted by Gasteiger charge is -2.32. The molecule has 1 spiro atoms. The lowest BCUT2D eigenvalue weighted by atomic mass is 9.96. The number of rotatable bonds is 3. The highest BCUT2D eigenvalue weighted by Crippen LogP contribution is 2.54. The number of sulfonamides is 1. The SMILES string of the molecule is COc1ccc2c(c1)CCN(S(=O)(=O)c1ccc(C)cc1)C1(CC1)C2O. The Balaban J connectivity index is 1.76. The number of fused-ring (bicyclic) bond motifs is 1. The zero-order chi connectivity index (χ0) is 18.5. The van der Waals surface area contributed by atoms with Crippen molar-refractivity contribution in [2.24, 2.45) is 0 Å². The van der Waals surface area contributed by atoms with Gasteiger partial charge in [0.15, 0.2) is 0 Å². The van der Waals surface area contributed by atoms with Crippen molar-refractivity contribution in [2.75, 3.05) is 13.7 Å². The molecule has 4 rings (SSSR count). The number of nitrogens with zero attached hydrogens (tertiary/aromatic N) is 1. The summed E-state index contributed by atoms with van der Waals surface area (Å²) in [7, 11) is -2.07. The Morgan fingerprint density at radius 1 is 1.15 bits per heavy atom. The molecule has 1 fully saturated rings. The van der Waals surface area contributed by atoms with E-state index in [4.69, 9.17) is 4.74 Å². The number of aryl methyl sites for hydroxylation is 1. The molecular formula is C20H23NO4S. The third-order valence-corrected chi connectivity index (χ3v) is 7.60. The topological polar surface area (TPSA) is 66.8 Å². The van der Waals surface area contributed by atoms with Gasteiger partial charge in [-0.3, -0.25) is 0 Å². The van der Waals surface area contributed by atoms with Crippen LogP contribution in [0, 0.1) is 6.92 Å². The molecule has 1 aliphatic heterocycles. The van der Waals surface area contributed by atoms with Crippen LogP contribution in [0.3, 0.4) is 0 Å². The van der Waals surface area contributed by atoms with Gasteiger partial charge in [0, 0.05) is 6.54 Å². The van der Waals surface area contributed by atoms with E-state index in [2.05, 4.69) is 0 Å². The first-order valence-electron chi connectivity index (χ1n) is 8.83. The van der Waals surface area contributed by atoms with Crippen LogP contribution >= 0.6 is 0 Å². The number of hydrogen-bond donors (Lipinski definition) is 1.